The maximum absolute atomic E-state index is 8.78. The fourth-order valence-electron chi connectivity index (χ4n) is 1.72. The topological polar surface area (TPSA) is 20.2 Å². The van der Waals surface area contributed by atoms with E-state index in [-0.39, 0.29) is 0 Å². The van der Waals surface area contributed by atoms with Gasteiger partial charge in [0.1, 0.15) is 0 Å². The van der Waals surface area contributed by atoms with Gasteiger partial charge in [0.15, 0.2) is 0 Å². The van der Waals surface area contributed by atoms with E-state index in [2.05, 4.69) is 6.92 Å². The average Bonchev–Trinajstić information content (AvgIpc) is 2.77. The quantitative estimate of drug-likeness (QED) is 0.586. The second-order valence-corrected chi connectivity index (χ2v) is 3.79. The van der Waals surface area contributed by atoms with Gasteiger partial charge in [0.05, 0.1) is 0 Å². The molecule has 1 aliphatic carbocycles. The molecular formula is C10H20O. The predicted molar refractivity (Wildman–Crippen MR) is 47.4 cm³/mol. The summed E-state index contributed by atoms with van der Waals surface area (Å²) in [4.78, 5) is 0. The third-order valence-electron chi connectivity index (χ3n) is 2.73. The fourth-order valence-corrected chi connectivity index (χ4v) is 1.72. The van der Waals surface area contributed by atoms with Crippen molar-refractivity contribution in [2.75, 3.05) is 6.61 Å². The third-order valence-corrected chi connectivity index (χ3v) is 2.73. The molecule has 66 valence electrons. The van der Waals surface area contributed by atoms with Crippen LogP contribution in [0.15, 0.2) is 0 Å². The Kier molecular flexibility index (Phi) is 3.92. The van der Waals surface area contributed by atoms with Crippen molar-refractivity contribution in [2.45, 2.75) is 45.4 Å². The minimum Gasteiger partial charge on any atom is -0.396 e. The average molecular weight is 156 g/mol. The highest BCUT2D eigenvalue weighted by Crippen LogP contribution is 2.41. The van der Waals surface area contributed by atoms with Crippen LogP contribution >= 0.6 is 0 Å². The van der Waals surface area contributed by atoms with Gasteiger partial charge in [0.25, 0.3) is 0 Å². The molecule has 0 radical (unpaired) electrons. The van der Waals surface area contributed by atoms with Crippen LogP contribution in [0.2, 0.25) is 0 Å². The standard InChI is InChI=1S/C10H20O/c1-2-3-4-5-6-9-7-10(9)8-11/h9-11H,2-8H2,1H3/t9-,10?/m0/s1. The summed E-state index contributed by atoms with van der Waals surface area (Å²) in [6.45, 7) is 2.67. The molecule has 1 heteroatoms. The van der Waals surface area contributed by atoms with Crippen molar-refractivity contribution in [3.05, 3.63) is 0 Å². The number of unbranched alkanes of at least 4 members (excludes halogenated alkanes) is 3. The highest BCUT2D eigenvalue weighted by Gasteiger charge is 2.34. The number of aliphatic hydroxyl groups is 1. The molecule has 0 aromatic carbocycles. The van der Waals surface area contributed by atoms with Gasteiger partial charge in [-0.3, -0.25) is 0 Å². The third kappa shape index (κ3) is 3.24. The van der Waals surface area contributed by atoms with Gasteiger partial charge in [0, 0.05) is 6.61 Å². The van der Waals surface area contributed by atoms with E-state index in [0.29, 0.717) is 12.5 Å². The van der Waals surface area contributed by atoms with Gasteiger partial charge in [-0.2, -0.15) is 0 Å². The molecule has 2 atom stereocenters. The van der Waals surface area contributed by atoms with Crippen LogP contribution in [0.5, 0.6) is 0 Å². The lowest BCUT2D eigenvalue weighted by Gasteiger charge is -1.97. The molecule has 0 aliphatic heterocycles. The van der Waals surface area contributed by atoms with Crippen LogP contribution in [0.3, 0.4) is 0 Å². The zero-order valence-electron chi connectivity index (χ0n) is 7.55. The van der Waals surface area contributed by atoms with Crippen molar-refractivity contribution < 1.29 is 5.11 Å². The van der Waals surface area contributed by atoms with E-state index in [1.807, 2.05) is 0 Å². The smallest absolute Gasteiger partial charge is 0.0462 e. The summed E-state index contributed by atoms with van der Waals surface area (Å²) < 4.78 is 0. The summed E-state index contributed by atoms with van der Waals surface area (Å²) in [6.07, 6.45) is 8.15. The zero-order chi connectivity index (χ0) is 8.10. The summed E-state index contributed by atoms with van der Waals surface area (Å²) in [5.74, 6) is 1.56. The molecule has 1 saturated carbocycles. The monoisotopic (exact) mass is 156 g/mol. The number of hydrogen-bond donors (Lipinski definition) is 1. The molecule has 0 bridgehead atoms. The first kappa shape index (κ1) is 9.05. The molecule has 0 aromatic rings. The van der Waals surface area contributed by atoms with Crippen molar-refractivity contribution >= 4 is 0 Å². The molecular weight excluding hydrogens is 136 g/mol. The Morgan fingerprint density at radius 1 is 1.18 bits per heavy atom. The molecule has 0 heterocycles. The summed E-state index contributed by atoms with van der Waals surface area (Å²) in [5, 5.41) is 8.78. The molecule has 1 fully saturated rings. The van der Waals surface area contributed by atoms with Crippen molar-refractivity contribution in [2.24, 2.45) is 11.8 Å². The predicted octanol–water partition coefficient (Wildman–Crippen LogP) is 2.59. The van der Waals surface area contributed by atoms with Crippen LogP contribution in [-0.2, 0) is 0 Å². The molecule has 0 aromatic heterocycles. The van der Waals surface area contributed by atoms with Crippen LogP contribution in [-0.4, -0.2) is 11.7 Å². The molecule has 0 spiro atoms. The van der Waals surface area contributed by atoms with E-state index in [9.17, 15) is 0 Å². The van der Waals surface area contributed by atoms with Crippen LogP contribution in [0, 0.1) is 11.8 Å². The Morgan fingerprint density at radius 2 is 2.00 bits per heavy atom. The molecule has 11 heavy (non-hydrogen) atoms. The lowest BCUT2D eigenvalue weighted by Crippen LogP contribution is -1.88. The van der Waals surface area contributed by atoms with Gasteiger partial charge in [-0.25, -0.2) is 0 Å². The van der Waals surface area contributed by atoms with Crippen LogP contribution < -0.4 is 0 Å². The summed E-state index contributed by atoms with van der Waals surface area (Å²) in [5.41, 5.74) is 0. The Morgan fingerprint density at radius 3 is 2.55 bits per heavy atom. The number of rotatable bonds is 6. The summed E-state index contributed by atoms with van der Waals surface area (Å²) in [6, 6.07) is 0. The summed E-state index contributed by atoms with van der Waals surface area (Å²) in [7, 11) is 0. The van der Waals surface area contributed by atoms with Crippen molar-refractivity contribution in [3.63, 3.8) is 0 Å². The van der Waals surface area contributed by atoms with E-state index < -0.39 is 0 Å². The lowest BCUT2D eigenvalue weighted by atomic mass is 10.1. The minimum atomic E-state index is 0.429. The van der Waals surface area contributed by atoms with E-state index >= 15 is 0 Å². The van der Waals surface area contributed by atoms with Gasteiger partial charge in [-0.15, -0.1) is 0 Å². The van der Waals surface area contributed by atoms with Crippen molar-refractivity contribution in [3.8, 4) is 0 Å². The van der Waals surface area contributed by atoms with Crippen molar-refractivity contribution in [1.29, 1.82) is 0 Å². The SMILES string of the molecule is CCCCCC[C@H]1CC1CO. The molecule has 1 nitrogen and oxygen atoms in total. The summed E-state index contributed by atoms with van der Waals surface area (Å²) >= 11 is 0. The van der Waals surface area contributed by atoms with Gasteiger partial charge in [-0.05, 0) is 18.3 Å². The molecule has 1 unspecified atom stereocenters. The van der Waals surface area contributed by atoms with Gasteiger partial charge < -0.3 is 5.11 Å². The molecule has 0 saturated heterocycles. The van der Waals surface area contributed by atoms with E-state index in [1.165, 1.54) is 38.5 Å². The maximum Gasteiger partial charge on any atom is 0.0462 e. The van der Waals surface area contributed by atoms with E-state index in [4.69, 9.17) is 5.11 Å². The van der Waals surface area contributed by atoms with Gasteiger partial charge in [0.2, 0.25) is 0 Å². The number of aliphatic hydroxyl groups excluding tert-OH is 1. The Hall–Kier alpha value is -0.0400. The Balaban J connectivity index is 1.82. The first-order valence-corrected chi connectivity index (χ1v) is 4.99. The van der Waals surface area contributed by atoms with Crippen LogP contribution in [0.1, 0.15) is 45.4 Å². The van der Waals surface area contributed by atoms with E-state index in [1.54, 1.807) is 0 Å². The second kappa shape index (κ2) is 4.76. The van der Waals surface area contributed by atoms with Gasteiger partial charge >= 0.3 is 0 Å². The Bertz CT molecular complexity index is 101. The van der Waals surface area contributed by atoms with E-state index in [0.717, 1.165) is 5.92 Å². The second-order valence-electron chi connectivity index (χ2n) is 3.79. The highest BCUT2D eigenvalue weighted by atomic mass is 16.3. The first-order chi connectivity index (χ1) is 5.38. The van der Waals surface area contributed by atoms with Crippen LogP contribution in [0.25, 0.3) is 0 Å². The van der Waals surface area contributed by atoms with Crippen LogP contribution in [0.4, 0.5) is 0 Å². The van der Waals surface area contributed by atoms with Crippen molar-refractivity contribution in [1.82, 2.24) is 0 Å². The lowest BCUT2D eigenvalue weighted by molar-refractivity contribution is 0.267. The minimum absolute atomic E-state index is 0.429. The largest absolute Gasteiger partial charge is 0.396 e. The number of hydrogen-bond acceptors (Lipinski definition) is 1. The molecule has 0 amide bonds. The molecule has 1 N–H and O–H groups in total. The molecule has 1 rings (SSSR count). The fraction of sp³-hybridized carbons (Fsp3) is 1.00. The molecule has 1 aliphatic rings. The normalized spacial score (nSPS) is 28.9. The highest BCUT2D eigenvalue weighted by molar-refractivity contribution is 4.84. The van der Waals surface area contributed by atoms with Gasteiger partial charge in [-0.1, -0.05) is 39.0 Å². The maximum atomic E-state index is 8.78. The Labute approximate surface area is 69.8 Å². The first-order valence-electron chi connectivity index (χ1n) is 4.99. The zero-order valence-corrected chi connectivity index (χ0v) is 7.55.